The maximum absolute atomic E-state index is 11.9. The van der Waals surface area contributed by atoms with Crippen molar-refractivity contribution in [3.63, 3.8) is 0 Å². The number of benzene rings is 2. The molecule has 154 valence electrons. The van der Waals surface area contributed by atoms with E-state index in [-0.39, 0.29) is 6.42 Å². The summed E-state index contributed by atoms with van der Waals surface area (Å²) in [6, 6.07) is 11.9. The number of esters is 1. The molecule has 2 aromatic rings. The first-order valence-electron chi connectivity index (χ1n) is 8.64. The highest BCUT2D eigenvalue weighted by atomic mass is 79.9. The van der Waals surface area contributed by atoms with Crippen molar-refractivity contribution in [2.75, 3.05) is 20.8 Å². The molecule has 0 aliphatic heterocycles. The van der Waals surface area contributed by atoms with E-state index in [0.29, 0.717) is 23.5 Å². The van der Waals surface area contributed by atoms with E-state index in [1.54, 1.807) is 43.5 Å². The Morgan fingerprint density at radius 2 is 1.62 bits per heavy atom. The van der Waals surface area contributed by atoms with Gasteiger partial charge in [0.15, 0.2) is 18.1 Å². The number of hydrogen-bond donors (Lipinski definition) is 2. The van der Waals surface area contributed by atoms with Crippen LogP contribution in [0.3, 0.4) is 0 Å². The number of carbonyl (C=O) groups excluding carboxylic acids is 3. The van der Waals surface area contributed by atoms with Gasteiger partial charge in [0.25, 0.3) is 11.8 Å². The van der Waals surface area contributed by atoms with Crippen LogP contribution in [0.25, 0.3) is 0 Å². The zero-order valence-electron chi connectivity index (χ0n) is 16.0. The Kier molecular flexibility index (Phi) is 8.47. The first-order chi connectivity index (χ1) is 13.9. The van der Waals surface area contributed by atoms with Crippen molar-refractivity contribution in [2.24, 2.45) is 0 Å². The largest absolute Gasteiger partial charge is 0.493 e. The van der Waals surface area contributed by atoms with Crippen LogP contribution < -0.4 is 20.3 Å². The Balaban J connectivity index is 1.71. The molecular weight excluding hydrogens is 444 g/mol. The lowest BCUT2D eigenvalue weighted by Gasteiger charge is -2.10. The number of rotatable bonds is 8. The minimum atomic E-state index is -0.644. The third-order valence-corrected chi connectivity index (χ3v) is 4.38. The minimum absolute atomic E-state index is 0.0913. The Morgan fingerprint density at radius 3 is 2.28 bits per heavy atom. The van der Waals surface area contributed by atoms with Crippen LogP contribution >= 0.6 is 15.9 Å². The van der Waals surface area contributed by atoms with Crippen LogP contribution in [0.2, 0.25) is 0 Å². The molecule has 0 spiro atoms. The predicted molar refractivity (Wildman–Crippen MR) is 109 cm³/mol. The summed E-state index contributed by atoms with van der Waals surface area (Å²) in [4.78, 5) is 35.5. The fraction of sp³-hybridized carbons (Fsp3) is 0.250. The van der Waals surface area contributed by atoms with Gasteiger partial charge in [0.1, 0.15) is 0 Å². The average Bonchev–Trinajstić information content (AvgIpc) is 2.74. The number of aryl methyl sites for hydroxylation is 1. The number of nitrogens with one attached hydrogen (secondary N) is 2. The van der Waals surface area contributed by atoms with Crippen molar-refractivity contribution in [3.8, 4) is 11.5 Å². The Labute approximate surface area is 176 Å². The molecule has 2 rings (SSSR count). The number of halogens is 1. The van der Waals surface area contributed by atoms with Gasteiger partial charge in [-0.1, -0.05) is 22.0 Å². The lowest BCUT2D eigenvalue weighted by atomic mass is 10.1. The summed E-state index contributed by atoms with van der Waals surface area (Å²) in [5.74, 6) is -0.491. The molecule has 0 saturated carbocycles. The SMILES string of the molecule is COc1ccc(CCC(=O)OCC(=O)NNC(=O)c2ccc(Br)cc2)cc1OC. The zero-order valence-corrected chi connectivity index (χ0v) is 17.6. The maximum atomic E-state index is 11.9. The van der Waals surface area contributed by atoms with Crippen LogP contribution in [-0.4, -0.2) is 38.6 Å². The van der Waals surface area contributed by atoms with Crippen LogP contribution in [0, 0.1) is 0 Å². The third-order valence-electron chi connectivity index (χ3n) is 3.85. The van der Waals surface area contributed by atoms with Gasteiger partial charge in [-0.3, -0.25) is 25.2 Å². The van der Waals surface area contributed by atoms with Gasteiger partial charge in [0.05, 0.1) is 14.2 Å². The Bertz CT molecular complexity index is 870. The van der Waals surface area contributed by atoms with Gasteiger partial charge < -0.3 is 14.2 Å². The normalized spacial score (nSPS) is 10.0. The molecule has 0 radical (unpaired) electrons. The minimum Gasteiger partial charge on any atom is -0.493 e. The van der Waals surface area contributed by atoms with Crippen molar-refractivity contribution in [1.29, 1.82) is 0 Å². The van der Waals surface area contributed by atoms with Crippen LogP contribution in [0.15, 0.2) is 46.9 Å². The second-order valence-corrected chi connectivity index (χ2v) is 6.77. The number of hydrogen-bond acceptors (Lipinski definition) is 6. The summed E-state index contributed by atoms with van der Waals surface area (Å²) in [6.07, 6.45) is 0.509. The van der Waals surface area contributed by atoms with Crippen molar-refractivity contribution in [1.82, 2.24) is 10.9 Å². The number of methoxy groups -OCH3 is 2. The molecule has 0 unspecified atom stereocenters. The Morgan fingerprint density at radius 1 is 0.931 bits per heavy atom. The molecule has 0 bridgehead atoms. The zero-order chi connectivity index (χ0) is 21.2. The number of carbonyl (C=O) groups is 3. The molecule has 8 nitrogen and oxygen atoms in total. The van der Waals surface area contributed by atoms with Gasteiger partial charge in [-0.25, -0.2) is 0 Å². The first-order valence-corrected chi connectivity index (χ1v) is 9.43. The predicted octanol–water partition coefficient (Wildman–Crippen LogP) is 2.40. The van der Waals surface area contributed by atoms with E-state index < -0.39 is 24.4 Å². The van der Waals surface area contributed by atoms with Crippen molar-refractivity contribution >= 4 is 33.7 Å². The molecule has 2 aromatic carbocycles. The van der Waals surface area contributed by atoms with Gasteiger partial charge in [0.2, 0.25) is 0 Å². The lowest BCUT2D eigenvalue weighted by Crippen LogP contribution is -2.43. The second kappa shape index (κ2) is 11.1. The lowest BCUT2D eigenvalue weighted by molar-refractivity contribution is -0.148. The van der Waals surface area contributed by atoms with Gasteiger partial charge >= 0.3 is 5.97 Å². The van der Waals surface area contributed by atoms with E-state index in [9.17, 15) is 14.4 Å². The van der Waals surface area contributed by atoms with E-state index >= 15 is 0 Å². The average molecular weight is 465 g/mol. The number of ether oxygens (including phenoxy) is 3. The first kappa shape index (κ1) is 22.2. The summed E-state index contributed by atoms with van der Waals surface area (Å²) in [7, 11) is 3.07. The van der Waals surface area contributed by atoms with Gasteiger partial charge in [-0.2, -0.15) is 0 Å². The second-order valence-electron chi connectivity index (χ2n) is 5.86. The van der Waals surface area contributed by atoms with Crippen LogP contribution in [0.4, 0.5) is 0 Å². The fourth-order valence-electron chi connectivity index (χ4n) is 2.34. The highest BCUT2D eigenvalue weighted by molar-refractivity contribution is 9.10. The van der Waals surface area contributed by atoms with Crippen LogP contribution in [0.5, 0.6) is 11.5 Å². The van der Waals surface area contributed by atoms with E-state index in [0.717, 1.165) is 10.0 Å². The van der Waals surface area contributed by atoms with Crippen LogP contribution in [0.1, 0.15) is 22.3 Å². The highest BCUT2D eigenvalue weighted by Gasteiger charge is 2.11. The molecule has 9 heteroatoms. The molecule has 0 aromatic heterocycles. The molecule has 2 amide bonds. The molecule has 0 atom stereocenters. The molecule has 0 heterocycles. The van der Waals surface area contributed by atoms with E-state index in [1.165, 1.54) is 7.11 Å². The van der Waals surface area contributed by atoms with Crippen molar-refractivity contribution < 1.29 is 28.6 Å². The Hall–Kier alpha value is -3.07. The van der Waals surface area contributed by atoms with E-state index in [1.807, 2.05) is 6.07 Å². The standard InChI is InChI=1S/C20H21BrN2O6/c1-27-16-9-3-13(11-17(16)28-2)4-10-19(25)29-12-18(24)22-23-20(26)14-5-7-15(21)8-6-14/h3,5-9,11H,4,10,12H2,1-2H3,(H,22,24)(H,23,26). The molecule has 0 saturated heterocycles. The summed E-state index contributed by atoms with van der Waals surface area (Å²) in [6.45, 7) is -0.495. The molecular formula is C20H21BrN2O6. The topological polar surface area (TPSA) is 103 Å². The molecule has 0 aliphatic rings. The third kappa shape index (κ3) is 7.11. The number of hydrazine groups is 1. The van der Waals surface area contributed by atoms with Gasteiger partial charge in [-0.15, -0.1) is 0 Å². The van der Waals surface area contributed by atoms with Crippen molar-refractivity contribution in [3.05, 3.63) is 58.1 Å². The molecule has 2 N–H and O–H groups in total. The van der Waals surface area contributed by atoms with Gasteiger partial charge in [0, 0.05) is 16.5 Å². The smallest absolute Gasteiger partial charge is 0.306 e. The van der Waals surface area contributed by atoms with Gasteiger partial charge in [-0.05, 0) is 48.4 Å². The molecule has 0 aliphatic carbocycles. The number of amides is 2. The molecule has 0 fully saturated rings. The van der Waals surface area contributed by atoms with Crippen molar-refractivity contribution in [2.45, 2.75) is 12.8 Å². The quantitative estimate of drug-likeness (QED) is 0.459. The summed E-state index contributed by atoms with van der Waals surface area (Å²) in [5, 5.41) is 0. The summed E-state index contributed by atoms with van der Waals surface area (Å²) < 4.78 is 16.1. The molecule has 29 heavy (non-hydrogen) atoms. The summed E-state index contributed by atoms with van der Waals surface area (Å²) in [5.41, 5.74) is 5.69. The maximum Gasteiger partial charge on any atom is 0.306 e. The van der Waals surface area contributed by atoms with E-state index in [2.05, 4.69) is 26.8 Å². The van der Waals surface area contributed by atoms with Crippen LogP contribution in [-0.2, 0) is 20.7 Å². The monoisotopic (exact) mass is 464 g/mol. The summed E-state index contributed by atoms with van der Waals surface area (Å²) >= 11 is 3.27. The fourth-order valence-corrected chi connectivity index (χ4v) is 2.60. The van der Waals surface area contributed by atoms with E-state index in [4.69, 9.17) is 14.2 Å². The highest BCUT2D eigenvalue weighted by Crippen LogP contribution is 2.27.